The molecule has 0 fully saturated rings. The van der Waals surface area contributed by atoms with Crippen molar-refractivity contribution in [2.24, 2.45) is 0 Å². The van der Waals surface area contributed by atoms with Crippen LogP contribution in [0.1, 0.15) is 5.01 Å². The smallest absolute Gasteiger partial charge is 0.283 e. The number of halogens is 1. The first-order chi connectivity index (χ1) is 11.2. The third kappa shape index (κ3) is 2.55. The molecule has 0 spiro atoms. The Bertz CT molecular complexity index is 1060. The lowest BCUT2D eigenvalue weighted by molar-refractivity contribution is 0.303. The Balaban J connectivity index is 1.68. The van der Waals surface area contributed by atoms with Crippen LogP contribution in [0.25, 0.3) is 15.9 Å². The molecule has 0 bridgehead atoms. The van der Waals surface area contributed by atoms with Crippen molar-refractivity contribution in [1.29, 1.82) is 0 Å². The Morgan fingerprint density at radius 2 is 1.91 bits per heavy atom. The molecule has 0 aliphatic heterocycles. The molecule has 0 aliphatic rings. The Kier molecular flexibility index (Phi) is 3.27. The summed E-state index contributed by atoms with van der Waals surface area (Å²) < 4.78 is 19.7. The van der Waals surface area contributed by atoms with Crippen LogP contribution < -0.4 is 10.3 Å². The number of benzene rings is 2. The molecule has 0 saturated heterocycles. The molecule has 7 heteroatoms. The van der Waals surface area contributed by atoms with E-state index in [0.717, 1.165) is 0 Å². The van der Waals surface area contributed by atoms with Gasteiger partial charge in [-0.05, 0) is 36.4 Å². The third-order valence-corrected chi connectivity index (χ3v) is 4.20. The second-order valence-electron chi connectivity index (χ2n) is 4.87. The fraction of sp³-hybridized carbons (Fsp3) is 0.0625. The third-order valence-electron chi connectivity index (χ3n) is 3.32. The first-order valence-corrected chi connectivity index (χ1v) is 7.68. The molecule has 2 heterocycles. The van der Waals surface area contributed by atoms with Crippen molar-refractivity contribution in [2.75, 3.05) is 0 Å². The van der Waals surface area contributed by atoms with Crippen molar-refractivity contribution in [2.45, 2.75) is 6.61 Å². The summed E-state index contributed by atoms with van der Waals surface area (Å²) in [5.41, 5.74) is 0.446. The quantitative estimate of drug-likeness (QED) is 0.580. The number of rotatable bonds is 3. The fourth-order valence-electron chi connectivity index (χ4n) is 2.23. The van der Waals surface area contributed by atoms with Crippen molar-refractivity contribution in [3.8, 4) is 5.75 Å². The largest absolute Gasteiger partial charge is 0.486 e. The van der Waals surface area contributed by atoms with Gasteiger partial charge in [-0.2, -0.15) is 9.61 Å². The molecule has 4 rings (SSSR count). The average molecular weight is 327 g/mol. The molecule has 114 valence electrons. The lowest BCUT2D eigenvalue weighted by atomic mass is 10.2. The number of fused-ring (bicyclic) bond motifs is 2. The molecule has 2 aromatic heterocycles. The van der Waals surface area contributed by atoms with Gasteiger partial charge >= 0.3 is 0 Å². The lowest BCUT2D eigenvalue weighted by Gasteiger charge is -2.02. The standard InChI is InChI=1S/C16H10FN3O2S/c17-10-5-7-11(8-6-10)22-9-14-19-20-15(21)12-3-1-2-4-13(12)18-16(20)23-14/h1-8H,9H2. The highest BCUT2D eigenvalue weighted by atomic mass is 32.1. The van der Waals surface area contributed by atoms with Gasteiger partial charge in [-0.15, -0.1) is 0 Å². The summed E-state index contributed by atoms with van der Waals surface area (Å²) in [7, 11) is 0. The van der Waals surface area contributed by atoms with Gasteiger partial charge in [0, 0.05) is 0 Å². The van der Waals surface area contributed by atoms with E-state index in [2.05, 4.69) is 10.1 Å². The molecule has 0 atom stereocenters. The predicted octanol–water partition coefficient (Wildman–Crippen LogP) is 3.02. The van der Waals surface area contributed by atoms with Gasteiger partial charge in [0.25, 0.3) is 5.56 Å². The molecule has 23 heavy (non-hydrogen) atoms. The van der Waals surface area contributed by atoms with Crippen molar-refractivity contribution in [3.63, 3.8) is 0 Å². The molecule has 0 saturated carbocycles. The second-order valence-corrected chi connectivity index (χ2v) is 5.91. The maximum Gasteiger partial charge on any atom is 0.283 e. The van der Waals surface area contributed by atoms with Crippen molar-refractivity contribution >= 4 is 27.2 Å². The van der Waals surface area contributed by atoms with Gasteiger partial charge in [0.15, 0.2) is 5.01 Å². The molecule has 0 unspecified atom stereocenters. The number of hydrogen-bond acceptors (Lipinski definition) is 5. The molecule has 0 radical (unpaired) electrons. The van der Waals surface area contributed by atoms with Crippen LogP contribution >= 0.6 is 11.3 Å². The molecule has 0 aliphatic carbocycles. The number of hydrogen-bond donors (Lipinski definition) is 0. The van der Waals surface area contributed by atoms with Gasteiger partial charge in [0.05, 0.1) is 10.9 Å². The van der Waals surface area contributed by atoms with Crippen molar-refractivity contribution in [3.05, 3.63) is 69.7 Å². The van der Waals surface area contributed by atoms with Crippen molar-refractivity contribution in [1.82, 2.24) is 14.6 Å². The van der Waals surface area contributed by atoms with E-state index in [4.69, 9.17) is 4.74 Å². The molecule has 4 aromatic rings. The zero-order valence-electron chi connectivity index (χ0n) is 11.8. The number of nitrogens with zero attached hydrogens (tertiary/aromatic N) is 3. The van der Waals surface area contributed by atoms with Crippen LogP contribution in [0.3, 0.4) is 0 Å². The SMILES string of the molecule is O=c1c2ccccc2nc2sc(COc3ccc(F)cc3)nn12. The Hall–Kier alpha value is -2.80. The normalized spacial score (nSPS) is 11.2. The van der Waals surface area contributed by atoms with Crippen LogP contribution in [0.15, 0.2) is 53.3 Å². The maximum absolute atomic E-state index is 12.9. The first-order valence-electron chi connectivity index (χ1n) is 6.86. The Morgan fingerprint density at radius 1 is 1.13 bits per heavy atom. The molecular weight excluding hydrogens is 317 g/mol. The molecular formula is C16H10FN3O2S. The van der Waals surface area contributed by atoms with Crippen molar-refractivity contribution < 1.29 is 9.13 Å². The van der Waals surface area contributed by atoms with Gasteiger partial charge in [-0.1, -0.05) is 23.5 Å². The summed E-state index contributed by atoms with van der Waals surface area (Å²) >= 11 is 1.29. The van der Waals surface area contributed by atoms with Gasteiger partial charge in [0.2, 0.25) is 4.96 Å². The maximum atomic E-state index is 12.9. The lowest BCUT2D eigenvalue weighted by Crippen LogP contribution is -2.15. The minimum atomic E-state index is -0.320. The minimum Gasteiger partial charge on any atom is -0.486 e. The summed E-state index contributed by atoms with van der Waals surface area (Å²) in [5, 5.41) is 5.40. The van der Waals surface area contributed by atoms with E-state index in [1.54, 1.807) is 30.3 Å². The van der Waals surface area contributed by atoms with Gasteiger partial charge in [0.1, 0.15) is 18.2 Å². The zero-order valence-corrected chi connectivity index (χ0v) is 12.6. The summed E-state index contributed by atoms with van der Waals surface area (Å²) in [5.74, 6) is 0.218. The monoisotopic (exact) mass is 327 g/mol. The van der Waals surface area contributed by atoms with Crippen LogP contribution in [0.5, 0.6) is 5.75 Å². The van der Waals surface area contributed by atoms with E-state index in [0.29, 0.717) is 26.6 Å². The number of aromatic nitrogens is 3. The topological polar surface area (TPSA) is 56.5 Å². The second kappa shape index (κ2) is 5.44. The summed E-state index contributed by atoms with van der Waals surface area (Å²) in [6.45, 7) is 0.190. The van der Waals surface area contributed by atoms with Crippen LogP contribution in [0.4, 0.5) is 4.39 Å². The van der Waals surface area contributed by atoms with Gasteiger partial charge < -0.3 is 4.74 Å². The summed E-state index contributed by atoms with van der Waals surface area (Å²) in [4.78, 5) is 17.4. The highest BCUT2D eigenvalue weighted by Gasteiger charge is 2.11. The minimum absolute atomic E-state index is 0.190. The van der Waals surface area contributed by atoms with Crippen LogP contribution in [0.2, 0.25) is 0 Å². The summed E-state index contributed by atoms with van der Waals surface area (Å²) in [6.07, 6.45) is 0. The van der Waals surface area contributed by atoms with E-state index < -0.39 is 0 Å². The average Bonchev–Trinajstić information content (AvgIpc) is 2.98. The Morgan fingerprint density at radius 3 is 2.74 bits per heavy atom. The highest BCUT2D eigenvalue weighted by molar-refractivity contribution is 7.16. The van der Waals surface area contributed by atoms with Crippen LogP contribution in [-0.4, -0.2) is 14.6 Å². The van der Waals surface area contributed by atoms with Gasteiger partial charge in [-0.3, -0.25) is 4.79 Å². The number of ether oxygens (including phenoxy) is 1. The van der Waals surface area contributed by atoms with Crippen LogP contribution in [0, 0.1) is 5.82 Å². The van der Waals surface area contributed by atoms with E-state index >= 15 is 0 Å². The van der Waals surface area contributed by atoms with E-state index in [-0.39, 0.29) is 18.0 Å². The fourth-order valence-corrected chi connectivity index (χ4v) is 3.03. The van der Waals surface area contributed by atoms with E-state index in [9.17, 15) is 9.18 Å². The van der Waals surface area contributed by atoms with E-state index in [1.165, 1.54) is 28.0 Å². The van der Waals surface area contributed by atoms with E-state index in [1.807, 2.05) is 6.07 Å². The zero-order chi connectivity index (χ0) is 15.8. The summed E-state index contributed by atoms with van der Waals surface area (Å²) in [6, 6.07) is 12.9. The highest BCUT2D eigenvalue weighted by Crippen LogP contribution is 2.18. The van der Waals surface area contributed by atoms with Crippen LogP contribution in [-0.2, 0) is 6.61 Å². The Labute approximate surface area is 133 Å². The molecule has 2 aromatic carbocycles. The van der Waals surface area contributed by atoms with Gasteiger partial charge in [-0.25, -0.2) is 9.37 Å². The number of para-hydroxylation sites is 1. The molecule has 5 nitrogen and oxygen atoms in total. The predicted molar refractivity (Wildman–Crippen MR) is 85.4 cm³/mol. The molecule has 0 amide bonds. The molecule has 0 N–H and O–H groups in total. The first kappa shape index (κ1) is 13.8.